The van der Waals surface area contributed by atoms with Crippen molar-refractivity contribution in [3.63, 3.8) is 0 Å². The summed E-state index contributed by atoms with van der Waals surface area (Å²) in [7, 11) is 0. The van der Waals surface area contributed by atoms with Crippen LogP contribution in [0.15, 0.2) is 35.7 Å². The van der Waals surface area contributed by atoms with Crippen LogP contribution in [0.3, 0.4) is 0 Å². The van der Waals surface area contributed by atoms with E-state index in [1.807, 2.05) is 35.7 Å². The molecule has 1 aromatic heterocycles. The van der Waals surface area contributed by atoms with Crippen molar-refractivity contribution in [1.29, 1.82) is 0 Å². The molecule has 110 valence electrons. The highest BCUT2D eigenvalue weighted by Gasteiger charge is 2.08. The van der Waals surface area contributed by atoms with Gasteiger partial charge in [-0.3, -0.25) is 9.59 Å². The molecule has 2 aromatic rings. The zero-order valence-electron chi connectivity index (χ0n) is 11.8. The molecule has 0 aliphatic heterocycles. The Labute approximate surface area is 127 Å². The molecule has 0 saturated carbocycles. The van der Waals surface area contributed by atoms with Crippen LogP contribution in [-0.2, 0) is 16.0 Å². The highest BCUT2D eigenvalue weighted by molar-refractivity contribution is 7.13. The van der Waals surface area contributed by atoms with Gasteiger partial charge in [-0.2, -0.15) is 0 Å². The molecule has 0 radical (unpaired) electrons. The molecule has 0 aliphatic rings. The first-order valence-electron chi connectivity index (χ1n) is 6.66. The van der Waals surface area contributed by atoms with Crippen molar-refractivity contribution in [3.05, 3.63) is 41.4 Å². The minimum atomic E-state index is -0.101. The second-order valence-electron chi connectivity index (χ2n) is 4.52. The average Bonchev–Trinajstić information content (AvgIpc) is 2.93. The highest BCUT2D eigenvalue weighted by atomic mass is 32.1. The van der Waals surface area contributed by atoms with Gasteiger partial charge in [0.2, 0.25) is 11.8 Å². The zero-order chi connectivity index (χ0) is 15.1. The Morgan fingerprint density at radius 1 is 1.14 bits per heavy atom. The quantitative estimate of drug-likeness (QED) is 0.796. The van der Waals surface area contributed by atoms with E-state index in [2.05, 4.69) is 15.6 Å². The number of aromatic nitrogens is 1. The minimum absolute atomic E-state index is 0.0923. The largest absolute Gasteiger partial charge is 0.355 e. The molecule has 1 heterocycles. The van der Waals surface area contributed by atoms with Crippen molar-refractivity contribution in [2.24, 2.45) is 0 Å². The topological polar surface area (TPSA) is 71.1 Å². The van der Waals surface area contributed by atoms with E-state index in [0.717, 1.165) is 16.3 Å². The third-order valence-corrected chi connectivity index (χ3v) is 3.68. The maximum atomic E-state index is 11.7. The van der Waals surface area contributed by atoms with Crippen molar-refractivity contribution in [2.75, 3.05) is 13.1 Å². The lowest BCUT2D eigenvalue weighted by atomic mass is 10.2. The standard InChI is InChI=1S/C15H17N3O2S/c1-11(19)16-7-8-17-14(20)9-13-10-21-15(18-13)12-5-3-2-4-6-12/h2-6,10H,7-9H2,1H3,(H,16,19)(H,17,20). The molecule has 0 aliphatic carbocycles. The maximum absolute atomic E-state index is 11.7. The van der Waals surface area contributed by atoms with Gasteiger partial charge in [-0.05, 0) is 0 Å². The second-order valence-corrected chi connectivity index (χ2v) is 5.38. The number of rotatable bonds is 6. The number of carbonyl (C=O) groups excluding carboxylic acids is 2. The number of nitrogens with one attached hydrogen (secondary N) is 2. The Balaban J connectivity index is 1.82. The van der Waals surface area contributed by atoms with E-state index in [0.29, 0.717) is 13.1 Å². The van der Waals surface area contributed by atoms with Gasteiger partial charge in [-0.1, -0.05) is 30.3 Å². The van der Waals surface area contributed by atoms with Gasteiger partial charge < -0.3 is 10.6 Å². The Morgan fingerprint density at radius 3 is 2.57 bits per heavy atom. The van der Waals surface area contributed by atoms with Crippen LogP contribution in [0.2, 0.25) is 0 Å². The first-order chi connectivity index (χ1) is 10.1. The van der Waals surface area contributed by atoms with Crippen LogP contribution in [0, 0.1) is 0 Å². The fourth-order valence-electron chi connectivity index (χ4n) is 1.77. The van der Waals surface area contributed by atoms with Gasteiger partial charge in [0.25, 0.3) is 0 Å². The van der Waals surface area contributed by atoms with Crippen LogP contribution in [0.5, 0.6) is 0 Å². The molecular formula is C15H17N3O2S. The number of benzene rings is 1. The molecule has 0 bridgehead atoms. The van der Waals surface area contributed by atoms with E-state index in [-0.39, 0.29) is 18.2 Å². The monoisotopic (exact) mass is 303 g/mol. The van der Waals surface area contributed by atoms with Gasteiger partial charge in [0.1, 0.15) is 5.01 Å². The smallest absolute Gasteiger partial charge is 0.226 e. The summed E-state index contributed by atoms with van der Waals surface area (Å²) in [6.45, 7) is 2.31. The van der Waals surface area contributed by atoms with Crippen molar-refractivity contribution in [3.8, 4) is 10.6 Å². The zero-order valence-corrected chi connectivity index (χ0v) is 12.6. The predicted molar refractivity (Wildman–Crippen MR) is 82.9 cm³/mol. The van der Waals surface area contributed by atoms with Gasteiger partial charge in [-0.15, -0.1) is 11.3 Å². The molecule has 0 atom stereocenters. The van der Waals surface area contributed by atoms with E-state index < -0.39 is 0 Å². The summed E-state index contributed by atoms with van der Waals surface area (Å²) >= 11 is 1.53. The average molecular weight is 303 g/mol. The molecule has 2 amide bonds. The number of carbonyl (C=O) groups is 2. The van der Waals surface area contributed by atoms with Crippen molar-refractivity contribution < 1.29 is 9.59 Å². The minimum Gasteiger partial charge on any atom is -0.355 e. The van der Waals surface area contributed by atoms with Gasteiger partial charge in [0.15, 0.2) is 0 Å². The van der Waals surface area contributed by atoms with Crippen LogP contribution < -0.4 is 10.6 Å². The first kappa shape index (κ1) is 15.2. The Bertz CT molecular complexity index is 610. The SMILES string of the molecule is CC(=O)NCCNC(=O)Cc1csc(-c2ccccc2)n1. The van der Waals surface area contributed by atoms with Gasteiger partial charge in [0.05, 0.1) is 12.1 Å². The van der Waals surface area contributed by atoms with Gasteiger partial charge in [0, 0.05) is 31.0 Å². The van der Waals surface area contributed by atoms with Crippen molar-refractivity contribution >= 4 is 23.2 Å². The summed E-state index contributed by atoms with van der Waals surface area (Å²) in [5.41, 5.74) is 1.82. The molecule has 0 saturated heterocycles. The number of thiazole rings is 1. The molecule has 0 fully saturated rings. The normalized spacial score (nSPS) is 10.1. The third kappa shape index (κ3) is 5.00. The summed E-state index contributed by atoms with van der Waals surface area (Å²) in [4.78, 5) is 26.9. The number of amides is 2. The fraction of sp³-hybridized carbons (Fsp3) is 0.267. The van der Waals surface area contributed by atoms with E-state index in [9.17, 15) is 9.59 Å². The van der Waals surface area contributed by atoms with Gasteiger partial charge in [-0.25, -0.2) is 4.98 Å². The molecule has 0 unspecified atom stereocenters. The molecule has 2 rings (SSSR count). The highest BCUT2D eigenvalue weighted by Crippen LogP contribution is 2.23. The molecule has 21 heavy (non-hydrogen) atoms. The Hall–Kier alpha value is -2.21. The number of hydrogen-bond donors (Lipinski definition) is 2. The van der Waals surface area contributed by atoms with E-state index in [4.69, 9.17) is 0 Å². The van der Waals surface area contributed by atoms with Gasteiger partial charge >= 0.3 is 0 Å². The van der Waals surface area contributed by atoms with Crippen LogP contribution >= 0.6 is 11.3 Å². The summed E-state index contributed by atoms with van der Waals surface area (Å²) in [5, 5.41) is 8.18. The molecule has 5 nitrogen and oxygen atoms in total. The van der Waals surface area contributed by atoms with Crippen LogP contribution in [0.4, 0.5) is 0 Å². The van der Waals surface area contributed by atoms with Crippen LogP contribution in [-0.4, -0.2) is 29.9 Å². The number of nitrogens with zero attached hydrogens (tertiary/aromatic N) is 1. The Morgan fingerprint density at radius 2 is 1.86 bits per heavy atom. The van der Waals surface area contributed by atoms with Crippen LogP contribution in [0.25, 0.3) is 10.6 Å². The Kier molecular flexibility index (Phi) is 5.45. The van der Waals surface area contributed by atoms with Crippen LogP contribution in [0.1, 0.15) is 12.6 Å². The van der Waals surface area contributed by atoms with Crippen molar-refractivity contribution in [2.45, 2.75) is 13.3 Å². The lowest BCUT2D eigenvalue weighted by Crippen LogP contribution is -2.34. The number of hydrogen-bond acceptors (Lipinski definition) is 4. The second kappa shape index (κ2) is 7.54. The molecule has 0 spiro atoms. The maximum Gasteiger partial charge on any atom is 0.226 e. The lowest BCUT2D eigenvalue weighted by molar-refractivity contribution is -0.121. The molecule has 2 N–H and O–H groups in total. The molecule has 1 aromatic carbocycles. The molecule has 6 heteroatoms. The van der Waals surface area contributed by atoms with E-state index in [1.54, 1.807) is 0 Å². The van der Waals surface area contributed by atoms with Crippen molar-refractivity contribution in [1.82, 2.24) is 15.6 Å². The fourth-order valence-corrected chi connectivity index (χ4v) is 2.59. The summed E-state index contributed by atoms with van der Waals surface area (Å²) < 4.78 is 0. The summed E-state index contributed by atoms with van der Waals surface area (Å²) in [6.07, 6.45) is 0.253. The van der Waals surface area contributed by atoms with E-state index in [1.165, 1.54) is 18.3 Å². The lowest BCUT2D eigenvalue weighted by Gasteiger charge is -2.04. The van der Waals surface area contributed by atoms with E-state index >= 15 is 0 Å². The summed E-state index contributed by atoms with van der Waals surface area (Å²) in [5.74, 6) is -0.193. The predicted octanol–water partition coefficient (Wildman–Crippen LogP) is 1.60. The first-order valence-corrected chi connectivity index (χ1v) is 7.54. The molecular weight excluding hydrogens is 286 g/mol. The summed E-state index contributed by atoms with van der Waals surface area (Å²) in [6, 6.07) is 9.88. The third-order valence-electron chi connectivity index (χ3n) is 2.74.